The fourth-order valence-electron chi connectivity index (χ4n) is 2.28. The van der Waals surface area contributed by atoms with Gasteiger partial charge in [0.1, 0.15) is 5.69 Å². The van der Waals surface area contributed by atoms with Crippen molar-refractivity contribution < 1.29 is 13.2 Å². The standard InChI is InChI=1S/C14H17N3O3S/c1-14(6-9-21(19,20)10-14)17-13(18)12-11(4-2-7-15)5-3-8-16-12/h3,5,8H,6-7,9-10,15H2,1H3,(H,17,18). The van der Waals surface area contributed by atoms with E-state index in [4.69, 9.17) is 5.73 Å². The molecule has 2 rings (SSSR count). The summed E-state index contributed by atoms with van der Waals surface area (Å²) in [5, 5.41) is 2.76. The zero-order chi connectivity index (χ0) is 15.5. The van der Waals surface area contributed by atoms with Crippen LogP contribution < -0.4 is 11.1 Å². The van der Waals surface area contributed by atoms with Crippen LogP contribution in [0.15, 0.2) is 18.3 Å². The third kappa shape index (κ3) is 3.80. The molecule has 1 aromatic heterocycles. The molecule has 1 aliphatic rings. The number of hydrogen-bond donors (Lipinski definition) is 2. The first-order valence-corrected chi connectivity index (χ1v) is 8.34. The van der Waals surface area contributed by atoms with Crippen LogP contribution in [0.25, 0.3) is 0 Å². The number of carbonyl (C=O) groups excluding carboxylic acids is 1. The van der Waals surface area contributed by atoms with Gasteiger partial charge in [0.25, 0.3) is 5.91 Å². The highest BCUT2D eigenvalue weighted by atomic mass is 32.2. The minimum atomic E-state index is -3.09. The van der Waals surface area contributed by atoms with Crippen LogP contribution in [-0.2, 0) is 9.84 Å². The number of rotatable bonds is 2. The number of hydrogen-bond acceptors (Lipinski definition) is 5. The van der Waals surface area contributed by atoms with Crippen LogP contribution in [0.1, 0.15) is 29.4 Å². The molecule has 7 heteroatoms. The van der Waals surface area contributed by atoms with Crippen molar-refractivity contribution in [2.45, 2.75) is 18.9 Å². The van der Waals surface area contributed by atoms with Gasteiger partial charge in [0, 0.05) is 6.20 Å². The van der Waals surface area contributed by atoms with Crippen molar-refractivity contribution in [1.29, 1.82) is 0 Å². The van der Waals surface area contributed by atoms with E-state index in [1.54, 1.807) is 19.1 Å². The number of nitrogens with two attached hydrogens (primary N) is 1. The highest BCUT2D eigenvalue weighted by molar-refractivity contribution is 7.91. The summed E-state index contributed by atoms with van der Waals surface area (Å²) in [6.07, 6.45) is 1.90. The lowest BCUT2D eigenvalue weighted by Crippen LogP contribution is -2.47. The molecule has 1 atom stereocenters. The molecule has 0 bridgehead atoms. The summed E-state index contributed by atoms with van der Waals surface area (Å²) in [4.78, 5) is 16.4. The van der Waals surface area contributed by atoms with E-state index in [2.05, 4.69) is 22.1 Å². The van der Waals surface area contributed by atoms with Gasteiger partial charge in [-0.3, -0.25) is 4.79 Å². The van der Waals surface area contributed by atoms with Crippen molar-refractivity contribution in [2.75, 3.05) is 18.1 Å². The van der Waals surface area contributed by atoms with Crippen molar-refractivity contribution in [1.82, 2.24) is 10.3 Å². The summed E-state index contributed by atoms with van der Waals surface area (Å²) in [5.74, 6) is 5.08. The highest BCUT2D eigenvalue weighted by Crippen LogP contribution is 2.23. The second kappa shape index (κ2) is 5.84. The smallest absolute Gasteiger partial charge is 0.271 e. The molecule has 1 fully saturated rings. The maximum absolute atomic E-state index is 12.3. The maximum atomic E-state index is 12.3. The third-order valence-corrected chi connectivity index (χ3v) is 5.17. The predicted octanol–water partition coefficient (Wildman–Crippen LogP) is -0.301. The Balaban J connectivity index is 2.22. The molecule has 0 aromatic carbocycles. The van der Waals surface area contributed by atoms with E-state index < -0.39 is 21.3 Å². The SMILES string of the molecule is CC1(NC(=O)c2ncccc2C#CCN)CCS(=O)(=O)C1. The number of aromatic nitrogens is 1. The number of carbonyl (C=O) groups is 1. The zero-order valence-electron chi connectivity index (χ0n) is 11.7. The van der Waals surface area contributed by atoms with E-state index >= 15 is 0 Å². The van der Waals surface area contributed by atoms with Crippen molar-refractivity contribution in [3.63, 3.8) is 0 Å². The molecule has 1 unspecified atom stereocenters. The molecular formula is C14H17N3O3S. The number of nitrogens with zero attached hydrogens (tertiary/aromatic N) is 1. The molecule has 1 aliphatic heterocycles. The van der Waals surface area contributed by atoms with Crippen molar-refractivity contribution in [3.8, 4) is 11.8 Å². The molecule has 1 saturated heterocycles. The fraction of sp³-hybridized carbons (Fsp3) is 0.429. The minimum Gasteiger partial charge on any atom is -0.344 e. The van der Waals surface area contributed by atoms with Gasteiger partial charge in [-0.25, -0.2) is 13.4 Å². The van der Waals surface area contributed by atoms with Gasteiger partial charge in [-0.1, -0.05) is 11.8 Å². The first-order chi connectivity index (χ1) is 9.85. The van der Waals surface area contributed by atoms with Crippen LogP contribution in [0.2, 0.25) is 0 Å². The summed E-state index contributed by atoms with van der Waals surface area (Å²) in [7, 11) is -3.09. The van der Waals surface area contributed by atoms with E-state index in [0.29, 0.717) is 12.0 Å². The zero-order valence-corrected chi connectivity index (χ0v) is 12.5. The largest absolute Gasteiger partial charge is 0.344 e. The van der Waals surface area contributed by atoms with Gasteiger partial charge in [0.15, 0.2) is 9.84 Å². The predicted molar refractivity (Wildman–Crippen MR) is 79.3 cm³/mol. The molecule has 0 saturated carbocycles. The normalized spacial score (nSPS) is 23.1. The lowest BCUT2D eigenvalue weighted by Gasteiger charge is -2.23. The van der Waals surface area contributed by atoms with Crippen LogP contribution in [0.4, 0.5) is 0 Å². The monoisotopic (exact) mass is 307 g/mol. The molecule has 112 valence electrons. The number of sulfone groups is 1. The Morgan fingerprint density at radius 2 is 2.33 bits per heavy atom. The first kappa shape index (κ1) is 15.5. The van der Waals surface area contributed by atoms with Gasteiger partial charge in [-0.2, -0.15) is 0 Å². The second-order valence-electron chi connectivity index (χ2n) is 5.26. The Labute approximate surface area is 124 Å². The van der Waals surface area contributed by atoms with Crippen molar-refractivity contribution >= 4 is 15.7 Å². The molecule has 3 N–H and O–H groups in total. The van der Waals surface area contributed by atoms with Gasteiger partial charge in [-0.15, -0.1) is 0 Å². The molecule has 0 spiro atoms. The summed E-state index contributed by atoms with van der Waals surface area (Å²) in [6.45, 7) is 1.91. The van der Waals surface area contributed by atoms with Gasteiger partial charge in [0.05, 0.1) is 29.2 Å². The van der Waals surface area contributed by atoms with Gasteiger partial charge < -0.3 is 11.1 Å². The van der Waals surface area contributed by atoms with Gasteiger partial charge in [-0.05, 0) is 25.5 Å². The van der Waals surface area contributed by atoms with Crippen LogP contribution in [0.3, 0.4) is 0 Å². The maximum Gasteiger partial charge on any atom is 0.271 e. The summed E-state index contributed by atoms with van der Waals surface area (Å²) < 4.78 is 23.1. The van der Waals surface area contributed by atoms with E-state index in [-0.39, 0.29) is 23.7 Å². The van der Waals surface area contributed by atoms with E-state index in [1.165, 1.54) is 6.20 Å². The van der Waals surface area contributed by atoms with E-state index in [1.807, 2.05) is 0 Å². The van der Waals surface area contributed by atoms with Crippen molar-refractivity contribution in [3.05, 3.63) is 29.6 Å². The first-order valence-electron chi connectivity index (χ1n) is 6.52. The summed E-state index contributed by atoms with van der Waals surface area (Å²) >= 11 is 0. The number of amides is 1. The minimum absolute atomic E-state index is 0.0532. The molecular weight excluding hydrogens is 290 g/mol. The third-order valence-electron chi connectivity index (χ3n) is 3.27. The molecule has 1 aromatic rings. The van der Waals surface area contributed by atoms with Gasteiger partial charge in [0.2, 0.25) is 0 Å². The molecule has 1 amide bonds. The average molecular weight is 307 g/mol. The Morgan fingerprint density at radius 3 is 2.95 bits per heavy atom. The van der Waals surface area contributed by atoms with E-state index in [9.17, 15) is 13.2 Å². The Kier molecular flexibility index (Phi) is 4.30. The second-order valence-corrected chi connectivity index (χ2v) is 7.45. The lowest BCUT2D eigenvalue weighted by atomic mass is 10.0. The summed E-state index contributed by atoms with van der Waals surface area (Å²) in [6, 6.07) is 3.36. The van der Waals surface area contributed by atoms with Crippen LogP contribution in [-0.4, -0.2) is 42.9 Å². The van der Waals surface area contributed by atoms with Crippen molar-refractivity contribution in [2.24, 2.45) is 5.73 Å². The highest BCUT2D eigenvalue weighted by Gasteiger charge is 2.39. The molecule has 21 heavy (non-hydrogen) atoms. The Morgan fingerprint density at radius 1 is 1.57 bits per heavy atom. The van der Waals surface area contributed by atoms with E-state index in [0.717, 1.165) is 0 Å². The quantitative estimate of drug-likeness (QED) is 0.730. The number of nitrogens with one attached hydrogen (secondary N) is 1. The van der Waals surface area contributed by atoms with Gasteiger partial charge >= 0.3 is 0 Å². The topological polar surface area (TPSA) is 102 Å². The number of pyridine rings is 1. The lowest BCUT2D eigenvalue weighted by molar-refractivity contribution is 0.0910. The molecule has 0 radical (unpaired) electrons. The molecule has 2 heterocycles. The van der Waals surface area contributed by atoms with Crippen LogP contribution in [0, 0.1) is 11.8 Å². The summed E-state index contributed by atoms with van der Waals surface area (Å²) in [5.41, 5.74) is 5.23. The fourth-order valence-corrected chi connectivity index (χ4v) is 4.37. The Bertz CT molecular complexity index is 718. The molecule has 6 nitrogen and oxygen atoms in total. The van der Waals surface area contributed by atoms with Crippen LogP contribution >= 0.6 is 0 Å². The van der Waals surface area contributed by atoms with Crippen LogP contribution in [0.5, 0.6) is 0 Å². The average Bonchev–Trinajstić information content (AvgIpc) is 2.70. The Hall–Kier alpha value is -1.91. The molecule has 0 aliphatic carbocycles.